The maximum absolute atomic E-state index is 12.9. The highest BCUT2D eigenvalue weighted by atomic mass is 16.6. The van der Waals surface area contributed by atoms with E-state index in [1.54, 1.807) is 43.5 Å². The average Bonchev–Trinajstić information content (AvgIpc) is 2.71. The molecule has 0 saturated carbocycles. The average molecular weight is 370 g/mol. The van der Waals surface area contributed by atoms with Crippen LogP contribution in [0.15, 0.2) is 51.9 Å². The molecule has 0 radical (unpaired) electrons. The molecule has 2 aromatic carbocycles. The molecule has 0 aliphatic rings. The Bertz CT molecular complexity index is 1040. The Morgan fingerprint density at radius 1 is 1.00 bits per heavy atom. The fraction of sp³-hybridized carbons (Fsp3) is 0.200. The minimum atomic E-state index is -0.500. The Kier molecular flexibility index (Phi) is 5.30. The molecule has 0 N–H and O–H groups in total. The van der Waals surface area contributed by atoms with Gasteiger partial charge in [0, 0.05) is 6.07 Å². The van der Waals surface area contributed by atoms with Crippen LogP contribution >= 0.6 is 0 Å². The lowest BCUT2D eigenvalue weighted by Gasteiger charge is -2.10. The van der Waals surface area contributed by atoms with Crippen LogP contribution < -0.4 is 19.6 Å². The predicted octanol–water partition coefficient (Wildman–Crippen LogP) is 3.03. The molecule has 7 nitrogen and oxygen atoms in total. The monoisotopic (exact) mass is 370 g/mol. The van der Waals surface area contributed by atoms with E-state index in [1.165, 1.54) is 20.5 Å². The van der Waals surface area contributed by atoms with E-state index in [0.29, 0.717) is 39.3 Å². The predicted molar refractivity (Wildman–Crippen MR) is 98.5 cm³/mol. The van der Waals surface area contributed by atoms with Crippen LogP contribution in [-0.4, -0.2) is 33.9 Å². The summed E-state index contributed by atoms with van der Waals surface area (Å²) in [6.45, 7) is -0.226. The van der Waals surface area contributed by atoms with Crippen molar-refractivity contribution in [1.82, 2.24) is 0 Å². The van der Waals surface area contributed by atoms with E-state index in [4.69, 9.17) is 18.6 Å². The minimum Gasteiger partial charge on any atom is -0.493 e. The van der Waals surface area contributed by atoms with Gasteiger partial charge >= 0.3 is 5.97 Å². The van der Waals surface area contributed by atoms with Gasteiger partial charge in [-0.25, -0.2) is 4.79 Å². The van der Waals surface area contributed by atoms with Crippen molar-refractivity contribution in [3.8, 4) is 28.4 Å². The highest BCUT2D eigenvalue weighted by molar-refractivity contribution is 5.83. The molecule has 1 aromatic heterocycles. The minimum absolute atomic E-state index is 0.192. The lowest BCUT2D eigenvalue weighted by molar-refractivity contribution is -0.142. The highest BCUT2D eigenvalue weighted by Gasteiger charge is 2.13. The SMILES string of the molecule is COC(=O)COc1ccc2c(=O)c(-c3ccc(OC)c(OC)c3)coc2c1. The molecule has 3 rings (SSSR count). The Morgan fingerprint density at radius 3 is 2.48 bits per heavy atom. The van der Waals surface area contributed by atoms with Gasteiger partial charge in [0.2, 0.25) is 0 Å². The Hall–Kier alpha value is -3.48. The second-order valence-electron chi connectivity index (χ2n) is 5.57. The lowest BCUT2D eigenvalue weighted by Crippen LogP contribution is -2.12. The number of hydrogen-bond acceptors (Lipinski definition) is 7. The molecular formula is C20H18O7. The van der Waals surface area contributed by atoms with Crippen molar-refractivity contribution >= 4 is 16.9 Å². The number of ether oxygens (including phenoxy) is 4. The van der Waals surface area contributed by atoms with Crippen LogP contribution in [0.1, 0.15) is 0 Å². The number of methoxy groups -OCH3 is 3. The first kappa shape index (κ1) is 18.3. The smallest absolute Gasteiger partial charge is 0.343 e. The van der Waals surface area contributed by atoms with Crippen molar-refractivity contribution in [1.29, 1.82) is 0 Å². The van der Waals surface area contributed by atoms with Crippen LogP contribution in [0.5, 0.6) is 17.2 Å². The molecule has 0 unspecified atom stereocenters. The standard InChI is InChI=1S/C20H18O7/c1-23-16-7-4-12(8-18(16)24-2)15-10-27-17-9-13(26-11-19(21)25-3)5-6-14(17)20(15)22/h4-10H,11H2,1-3H3. The van der Waals surface area contributed by atoms with E-state index < -0.39 is 5.97 Å². The number of benzene rings is 2. The van der Waals surface area contributed by atoms with Crippen molar-refractivity contribution < 1.29 is 28.2 Å². The van der Waals surface area contributed by atoms with E-state index >= 15 is 0 Å². The molecule has 0 saturated heterocycles. The first-order valence-electron chi connectivity index (χ1n) is 8.05. The zero-order valence-electron chi connectivity index (χ0n) is 15.1. The zero-order valence-corrected chi connectivity index (χ0v) is 15.1. The normalized spacial score (nSPS) is 10.5. The summed E-state index contributed by atoms with van der Waals surface area (Å²) in [6, 6.07) is 9.94. The molecule has 3 aromatic rings. The first-order chi connectivity index (χ1) is 13.1. The van der Waals surface area contributed by atoms with Gasteiger partial charge in [-0.05, 0) is 29.8 Å². The zero-order chi connectivity index (χ0) is 19.4. The largest absolute Gasteiger partial charge is 0.493 e. The molecule has 7 heteroatoms. The molecule has 0 bridgehead atoms. The van der Waals surface area contributed by atoms with Gasteiger partial charge in [-0.1, -0.05) is 6.07 Å². The molecule has 1 heterocycles. The summed E-state index contributed by atoms with van der Waals surface area (Å²) in [6.07, 6.45) is 1.38. The Labute approximate surface area is 155 Å². The third-order valence-electron chi connectivity index (χ3n) is 4.02. The summed E-state index contributed by atoms with van der Waals surface area (Å²) < 4.78 is 25.9. The molecule has 0 fully saturated rings. The van der Waals surface area contributed by atoms with Crippen molar-refractivity contribution in [2.24, 2.45) is 0 Å². The van der Waals surface area contributed by atoms with Gasteiger partial charge in [0.15, 0.2) is 23.5 Å². The topological polar surface area (TPSA) is 84.2 Å². The summed E-state index contributed by atoms with van der Waals surface area (Å²) in [4.78, 5) is 24.0. The third kappa shape index (κ3) is 3.72. The van der Waals surface area contributed by atoms with Crippen molar-refractivity contribution in [2.45, 2.75) is 0 Å². The number of hydrogen-bond donors (Lipinski definition) is 0. The van der Waals surface area contributed by atoms with Gasteiger partial charge in [-0.2, -0.15) is 0 Å². The van der Waals surface area contributed by atoms with Crippen LogP contribution in [0.2, 0.25) is 0 Å². The summed E-state index contributed by atoms with van der Waals surface area (Å²) in [7, 11) is 4.35. The molecule has 27 heavy (non-hydrogen) atoms. The van der Waals surface area contributed by atoms with Crippen molar-refractivity contribution in [3.05, 3.63) is 52.9 Å². The van der Waals surface area contributed by atoms with E-state index in [2.05, 4.69) is 4.74 Å². The maximum Gasteiger partial charge on any atom is 0.343 e. The second kappa shape index (κ2) is 7.82. The van der Waals surface area contributed by atoms with E-state index in [9.17, 15) is 9.59 Å². The van der Waals surface area contributed by atoms with Crippen LogP contribution in [-0.2, 0) is 9.53 Å². The van der Waals surface area contributed by atoms with Gasteiger partial charge in [0.25, 0.3) is 0 Å². The van der Waals surface area contributed by atoms with Crippen LogP contribution in [0, 0.1) is 0 Å². The fourth-order valence-corrected chi connectivity index (χ4v) is 2.60. The molecule has 0 atom stereocenters. The maximum atomic E-state index is 12.9. The van der Waals surface area contributed by atoms with Crippen molar-refractivity contribution in [2.75, 3.05) is 27.9 Å². The number of carbonyl (C=O) groups is 1. The molecule has 0 spiro atoms. The number of carbonyl (C=O) groups excluding carboxylic acids is 1. The van der Waals surface area contributed by atoms with E-state index in [-0.39, 0.29) is 12.0 Å². The van der Waals surface area contributed by atoms with Crippen LogP contribution in [0.3, 0.4) is 0 Å². The summed E-state index contributed by atoms with van der Waals surface area (Å²) in [5.41, 5.74) is 1.20. The molecular weight excluding hydrogens is 352 g/mol. The molecule has 0 aliphatic heterocycles. The first-order valence-corrected chi connectivity index (χ1v) is 8.05. The number of fused-ring (bicyclic) bond motifs is 1. The molecule has 0 aliphatic carbocycles. The Morgan fingerprint density at radius 2 is 1.78 bits per heavy atom. The molecule has 0 amide bonds. The summed E-state index contributed by atoms with van der Waals surface area (Å²) in [5, 5.41) is 0.396. The van der Waals surface area contributed by atoms with Crippen molar-refractivity contribution in [3.63, 3.8) is 0 Å². The summed E-state index contributed by atoms with van der Waals surface area (Å²) >= 11 is 0. The fourth-order valence-electron chi connectivity index (χ4n) is 2.60. The van der Waals surface area contributed by atoms with Gasteiger partial charge in [-0.3, -0.25) is 4.79 Å². The third-order valence-corrected chi connectivity index (χ3v) is 4.02. The highest BCUT2D eigenvalue weighted by Crippen LogP contribution is 2.32. The van der Waals surface area contributed by atoms with Gasteiger partial charge in [-0.15, -0.1) is 0 Å². The summed E-state index contributed by atoms with van der Waals surface area (Å²) in [5.74, 6) is 0.982. The van der Waals surface area contributed by atoms with Gasteiger partial charge in [0.1, 0.15) is 17.6 Å². The van der Waals surface area contributed by atoms with Gasteiger partial charge < -0.3 is 23.4 Å². The number of rotatable bonds is 6. The van der Waals surface area contributed by atoms with E-state index in [0.717, 1.165) is 0 Å². The lowest BCUT2D eigenvalue weighted by atomic mass is 10.0. The van der Waals surface area contributed by atoms with E-state index in [1.807, 2.05) is 0 Å². The second-order valence-corrected chi connectivity index (χ2v) is 5.57. The Balaban J connectivity index is 1.98. The van der Waals surface area contributed by atoms with Gasteiger partial charge in [0.05, 0.1) is 32.3 Å². The van der Waals surface area contributed by atoms with Crippen LogP contribution in [0.25, 0.3) is 22.1 Å². The van der Waals surface area contributed by atoms with Crippen LogP contribution in [0.4, 0.5) is 0 Å². The number of esters is 1. The molecule has 140 valence electrons. The quantitative estimate of drug-likeness (QED) is 0.617.